The fraction of sp³-hybridized carbons (Fsp3) is 0.545. The summed E-state index contributed by atoms with van der Waals surface area (Å²) < 4.78 is 11.0. The Hall–Kier alpha value is -0.770. The van der Waals surface area contributed by atoms with Gasteiger partial charge in [0.05, 0.1) is 17.4 Å². The average Bonchev–Trinajstić information content (AvgIpc) is 2.61. The number of allylic oxidation sites excluding steroid dienone is 4. The van der Waals surface area contributed by atoms with Crippen molar-refractivity contribution in [2.75, 3.05) is 13.2 Å². The van der Waals surface area contributed by atoms with Gasteiger partial charge in [-0.1, -0.05) is 15.9 Å². The summed E-state index contributed by atoms with van der Waals surface area (Å²) in [5.41, 5.74) is 1.01. The van der Waals surface area contributed by atoms with E-state index in [4.69, 9.17) is 9.47 Å². The number of rotatable bonds is 0. The van der Waals surface area contributed by atoms with Crippen LogP contribution in [0.3, 0.4) is 0 Å². The number of carbonyl (C=O) groups is 1. The van der Waals surface area contributed by atoms with Crippen molar-refractivity contribution in [3.63, 3.8) is 0 Å². The summed E-state index contributed by atoms with van der Waals surface area (Å²) in [4.78, 5) is 12.2. The third kappa shape index (κ3) is 1.34. The summed E-state index contributed by atoms with van der Waals surface area (Å²) in [6, 6.07) is 0. The minimum absolute atomic E-state index is 0.0848. The third-order valence-electron chi connectivity index (χ3n) is 3.03. The van der Waals surface area contributed by atoms with Gasteiger partial charge in [-0.15, -0.1) is 0 Å². The molecule has 3 aliphatic rings. The first kappa shape index (κ1) is 9.46. The minimum atomic E-state index is -0.165. The zero-order valence-corrected chi connectivity index (χ0v) is 9.75. The Balaban J connectivity index is 2.03. The minimum Gasteiger partial charge on any atom is -0.496 e. The summed E-state index contributed by atoms with van der Waals surface area (Å²) >= 11 is 3.47. The van der Waals surface area contributed by atoms with E-state index in [1.54, 1.807) is 0 Å². The van der Waals surface area contributed by atoms with Gasteiger partial charge in [0.25, 0.3) is 0 Å². The van der Waals surface area contributed by atoms with Crippen molar-refractivity contribution in [1.82, 2.24) is 0 Å². The lowest BCUT2D eigenvalue weighted by Gasteiger charge is -2.25. The quantitative estimate of drug-likeness (QED) is 0.631. The normalized spacial score (nSPS) is 33.9. The van der Waals surface area contributed by atoms with Crippen molar-refractivity contribution in [3.8, 4) is 0 Å². The van der Waals surface area contributed by atoms with Crippen molar-refractivity contribution in [2.45, 2.75) is 17.7 Å². The third-order valence-corrected chi connectivity index (χ3v) is 3.82. The van der Waals surface area contributed by atoms with Crippen LogP contribution in [-0.2, 0) is 14.3 Å². The van der Waals surface area contributed by atoms with Crippen LogP contribution >= 0.6 is 15.9 Å². The van der Waals surface area contributed by atoms with Crippen LogP contribution in [0.4, 0.5) is 0 Å². The van der Waals surface area contributed by atoms with E-state index in [0.717, 1.165) is 24.2 Å². The molecule has 0 spiro atoms. The summed E-state index contributed by atoms with van der Waals surface area (Å²) in [6.45, 7) is 1.23. The second kappa shape index (κ2) is 3.37. The molecule has 4 heteroatoms. The average molecular weight is 271 g/mol. The second-order valence-corrected chi connectivity index (χ2v) is 5.20. The molecule has 3 nitrogen and oxygen atoms in total. The van der Waals surface area contributed by atoms with Crippen molar-refractivity contribution >= 4 is 21.7 Å². The van der Waals surface area contributed by atoms with Crippen LogP contribution in [0.2, 0.25) is 0 Å². The van der Waals surface area contributed by atoms with Gasteiger partial charge in [0, 0.05) is 5.57 Å². The van der Waals surface area contributed by atoms with Crippen molar-refractivity contribution in [1.29, 1.82) is 0 Å². The molecule has 0 bridgehead atoms. The van der Waals surface area contributed by atoms with Crippen LogP contribution in [0.15, 0.2) is 23.2 Å². The van der Waals surface area contributed by atoms with Gasteiger partial charge in [0.2, 0.25) is 5.78 Å². The summed E-state index contributed by atoms with van der Waals surface area (Å²) in [5, 5.41) is 0. The maximum Gasteiger partial charge on any atom is 0.209 e. The molecule has 0 amide bonds. The van der Waals surface area contributed by atoms with Gasteiger partial charge < -0.3 is 9.47 Å². The maximum atomic E-state index is 12.1. The molecule has 1 saturated heterocycles. The van der Waals surface area contributed by atoms with Crippen LogP contribution in [0, 0.1) is 5.92 Å². The molecule has 0 saturated carbocycles. The van der Waals surface area contributed by atoms with Crippen LogP contribution in [-0.4, -0.2) is 23.8 Å². The van der Waals surface area contributed by atoms with Crippen LogP contribution in [0.1, 0.15) is 12.8 Å². The Kier molecular flexibility index (Phi) is 2.12. The molecule has 2 heterocycles. The Morgan fingerprint density at radius 1 is 1.40 bits per heavy atom. The number of carbonyl (C=O) groups excluding carboxylic acids is 1. The zero-order chi connectivity index (χ0) is 10.4. The van der Waals surface area contributed by atoms with E-state index in [1.165, 1.54) is 0 Å². The largest absolute Gasteiger partial charge is 0.496 e. The van der Waals surface area contributed by atoms with E-state index in [1.807, 2.05) is 6.08 Å². The maximum absolute atomic E-state index is 12.1. The van der Waals surface area contributed by atoms with Gasteiger partial charge in [-0.25, -0.2) is 0 Å². The van der Waals surface area contributed by atoms with Gasteiger partial charge in [0.1, 0.15) is 12.4 Å². The summed E-state index contributed by atoms with van der Waals surface area (Å²) in [7, 11) is 0. The van der Waals surface area contributed by atoms with Gasteiger partial charge in [-0.2, -0.15) is 0 Å². The number of Topliss-reactive ketones (excluding diaryl/α,β-unsaturated/α-hetero) is 1. The van der Waals surface area contributed by atoms with Gasteiger partial charge in [0.15, 0.2) is 5.76 Å². The van der Waals surface area contributed by atoms with Crippen LogP contribution in [0.25, 0.3) is 0 Å². The standard InChI is InChI=1S/C11H11BrO3/c12-7-5-15-8-4-6-2-1-3-14-11(6)10(13)9(7)8/h4,7,9H,1-3,5H2. The predicted octanol–water partition coefficient (Wildman–Crippen LogP) is 1.93. The number of ketones is 1. The van der Waals surface area contributed by atoms with Gasteiger partial charge in [-0.05, 0) is 18.9 Å². The Labute approximate surface area is 96.2 Å². The van der Waals surface area contributed by atoms with E-state index >= 15 is 0 Å². The molecule has 80 valence electrons. The van der Waals surface area contributed by atoms with Gasteiger partial charge >= 0.3 is 0 Å². The monoisotopic (exact) mass is 270 g/mol. The fourth-order valence-corrected chi connectivity index (χ4v) is 2.92. The van der Waals surface area contributed by atoms with Crippen molar-refractivity contribution in [3.05, 3.63) is 23.2 Å². The topological polar surface area (TPSA) is 35.5 Å². The van der Waals surface area contributed by atoms with E-state index in [0.29, 0.717) is 19.0 Å². The highest BCUT2D eigenvalue weighted by Crippen LogP contribution is 2.40. The molecule has 0 N–H and O–H groups in total. The number of hydrogen-bond acceptors (Lipinski definition) is 3. The summed E-state index contributed by atoms with van der Waals surface area (Å²) in [6.07, 6.45) is 3.90. The molecular formula is C11H11BrO3. The molecule has 1 fully saturated rings. The zero-order valence-electron chi connectivity index (χ0n) is 8.16. The number of fused-ring (bicyclic) bond motifs is 1. The Bertz CT molecular complexity index is 383. The second-order valence-electron chi connectivity index (χ2n) is 4.02. The first-order chi connectivity index (χ1) is 7.27. The molecule has 2 atom stereocenters. The smallest absolute Gasteiger partial charge is 0.209 e. The molecule has 2 aliphatic heterocycles. The van der Waals surface area contributed by atoms with Gasteiger partial charge in [-0.3, -0.25) is 4.79 Å². The number of ether oxygens (including phenoxy) is 2. The van der Waals surface area contributed by atoms with Crippen LogP contribution < -0.4 is 0 Å². The van der Waals surface area contributed by atoms with Crippen LogP contribution in [0.5, 0.6) is 0 Å². The molecule has 2 unspecified atom stereocenters. The molecule has 0 aromatic rings. The Morgan fingerprint density at radius 2 is 2.27 bits per heavy atom. The highest BCUT2D eigenvalue weighted by molar-refractivity contribution is 9.09. The van der Waals surface area contributed by atoms with Crippen molar-refractivity contribution in [2.24, 2.45) is 5.92 Å². The molecule has 0 aromatic heterocycles. The lowest BCUT2D eigenvalue weighted by molar-refractivity contribution is -0.122. The fourth-order valence-electron chi connectivity index (χ4n) is 2.29. The first-order valence-electron chi connectivity index (χ1n) is 5.16. The van der Waals surface area contributed by atoms with E-state index in [2.05, 4.69) is 15.9 Å². The lowest BCUT2D eigenvalue weighted by atomic mass is 9.88. The Morgan fingerprint density at radius 3 is 3.13 bits per heavy atom. The first-order valence-corrected chi connectivity index (χ1v) is 6.07. The van der Waals surface area contributed by atoms with E-state index in [9.17, 15) is 4.79 Å². The molecule has 3 rings (SSSR count). The molecule has 1 aliphatic carbocycles. The lowest BCUT2D eigenvalue weighted by Crippen LogP contribution is -2.29. The molecule has 0 aromatic carbocycles. The number of halogens is 1. The van der Waals surface area contributed by atoms with Crippen molar-refractivity contribution < 1.29 is 14.3 Å². The number of alkyl halides is 1. The molecular weight excluding hydrogens is 260 g/mol. The highest BCUT2D eigenvalue weighted by atomic mass is 79.9. The molecule has 15 heavy (non-hydrogen) atoms. The highest BCUT2D eigenvalue weighted by Gasteiger charge is 2.43. The SMILES string of the molecule is O=C1C2=C(C=C3OCC(Br)C13)CCCO2. The van der Waals surface area contributed by atoms with E-state index in [-0.39, 0.29) is 16.5 Å². The molecule has 0 radical (unpaired) electrons. The van der Waals surface area contributed by atoms with E-state index < -0.39 is 0 Å². The number of hydrogen-bond donors (Lipinski definition) is 0. The summed E-state index contributed by atoms with van der Waals surface area (Å²) in [5.74, 6) is 1.31. The predicted molar refractivity (Wildman–Crippen MR) is 57.5 cm³/mol.